The Kier molecular flexibility index (Phi) is 2.68. The number of phenolic OH excluding ortho intramolecular Hbond substituents is 1. The molecule has 16 heavy (non-hydrogen) atoms. The smallest absolute Gasteiger partial charge is 0.138 e. The molecule has 0 fully saturated rings. The fourth-order valence-corrected chi connectivity index (χ4v) is 2.01. The van der Waals surface area contributed by atoms with Gasteiger partial charge < -0.3 is 9.84 Å². The van der Waals surface area contributed by atoms with Gasteiger partial charge in [0.05, 0.1) is 5.56 Å². The molecule has 0 amide bonds. The number of halogens is 1. The molecule has 0 aliphatic carbocycles. The number of benzene rings is 1. The van der Waals surface area contributed by atoms with Crippen molar-refractivity contribution in [1.29, 1.82) is 0 Å². The van der Waals surface area contributed by atoms with Crippen LogP contribution in [0.25, 0.3) is 5.57 Å². The lowest BCUT2D eigenvalue weighted by Crippen LogP contribution is -2.05. The molecule has 1 aliphatic rings. The van der Waals surface area contributed by atoms with Crippen molar-refractivity contribution >= 4 is 17.2 Å². The molecule has 1 N–H and O–H groups in total. The topological polar surface area (TPSA) is 29.5 Å². The summed E-state index contributed by atoms with van der Waals surface area (Å²) in [7, 11) is 0. The number of ether oxygens (including phenoxy) is 1. The summed E-state index contributed by atoms with van der Waals surface area (Å²) in [6.07, 6.45) is 1.75. The fraction of sp³-hybridized carbons (Fsp3) is 0.231. The van der Waals surface area contributed by atoms with Gasteiger partial charge in [0.1, 0.15) is 17.3 Å². The van der Waals surface area contributed by atoms with Crippen molar-refractivity contribution in [1.82, 2.24) is 0 Å². The Hall–Kier alpha value is -1.41. The zero-order chi connectivity index (χ0) is 11.9. The zero-order valence-corrected chi connectivity index (χ0v) is 10.1. The molecule has 0 saturated carbocycles. The van der Waals surface area contributed by atoms with Crippen LogP contribution in [0.4, 0.5) is 0 Å². The van der Waals surface area contributed by atoms with Gasteiger partial charge in [-0.2, -0.15) is 0 Å². The Morgan fingerprint density at radius 2 is 2.12 bits per heavy atom. The maximum atomic E-state index is 10.1. The van der Waals surface area contributed by atoms with Gasteiger partial charge in [0.25, 0.3) is 0 Å². The number of aromatic hydroxyl groups is 1. The van der Waals surface area contributed by atoms with Crippen molar-refractivity contribution in [2.45, 2.75) is 13.8 Å². The summed E-state index contributed by atoms with van der Waals surface area (Å²) in [5, 5.41) is 10.1. The molecular weight excluding hydrogens is 224 g/mol. The van der Waals surface area contributed by atoms with Crippen LogP contribution < -0.4 is 4.74 Å². The molecule has 1 aliphatic heterocycles. The monoisotopic (exact) mass is 236 g/mol. The van der Waals surface area contributed by atoms with E-state index in [1.807, 2.05) is 19.9 Å². The standard InChI is InChI=1S/C13H13ClO2/c1-7-4-11-12(13(15)9(7)3)10(6-14)5-8(2)16-11/h4-5,15H,2,6H2,1,3H3. The summed E-state index contributed by atoms with van der Waals surface area (Å²) < 4.78 is 5.49. The highest BCUT2D eigenvalue weighted by molar-refractivity contribution is 6.23. The van der Waals surface area contributed by atoms with Gasteiger partial charge in [-0.25, -0.2) is 0 Å². The Labute approximate surface area is 99.8 Å². The van der Waals surface area contributed by atoms with E-state index in [9.17, 15) is 5.11 Å². The largest absolute Gasteiger partial charge is 0.507 e. The summed E-state index contributed by atoms with van der Waals surface area (Å²) >= 11 is 5.86. The molecule has 2 rings (SSSR count). The predicted molar refractivity (Wildman–Crippen MR) is 66.0 cm³/mol. The molecule has 1 aromatic rings. The van der Waals surface area contributed by atoms with Crippen LogP contribution in [-0.4, -0.2) is 11.0 Å². The van der Waals surface area contributed by atoms with Gasteiger partial charge in [-0.05, 0) is 42.7 Å². The van der Waals surface area contributed by atoms with Gasteiger partial charge in [0, 0.05) is 5.88 Å². The number of allylic oxidation sites excluding steroid dienone is 2. The molecule has 1 heterocycles. The van der Waals surface area contributed by atoms with Crippen molar-refractivity contribution in [3.63, 3.8) is 0 Å². The third-order valence-electron chi connectivity index (χ3n) is 2.82. The fourth-order valence-electron chi connectivity index (χ4n) is 1.80. The minimum absolute atomic E-state index is 0.245. The first kappa shape index (κ1) is 11.1. The van der Waals surface area contributed by atoms with Crippen molar-refractivity contribution in [2.24, 2.45) is 0 Å². The number of fused-ring (bicyclic) bond motifs is 1. The molecule has 0 unspecified atom stereocenters. The zero-order valence-electron chi connectivity index (χ0n) is 9.30. The molecule has 0 atom stereocenters. The average molecular weight is 237 g/mol. The molecule has 2 nitrogen and oxygen atoms in total. The average Bonchev–Trinajstić information content (AvgIpc) is 2.24. The van der Waals surface area contributed by atoms with E-state index in [1.165, 1.54) is 0 Å². The van der Waals surface area contributed by atoms with Crippen molar-refractivity contribution < 1.29 is 9.84 Å². The van der Waals surface area contributed by atoms with Crippen LogP contribution in [0.3, 0.4) is 0 Å². The van der Waals surface area contributed by atoms with Crippen molar-refractivity contribution in [3.8, 4) is 11.5 Å². The van der Waals surface area contributed by atoms with E-state index >= 15 is 0 Å². The number of alkyl halides is 1. The van der Waals surface area contributed by atoms with Crippen LogP contribution in [-0.2, 0) is 0 Å². The molecule has 0 aromatic heterocycles. The van der Waals surface area contributed by atoms with E-state index in [-0.39, 0.29) is 5.75 Å². The number of phenols is 1. The minimum Gasteiger partial charge on any atom is -0.507 e. The first-order valence-electron chi connectivity index (χ1n) is 5.01. The summed E-state index contributed by atoms with van der Waals surface area (Å²) in [4.78, 5) is 0. The molecule has 0 bridgehead atoms. The second kappa shape index (κ2) is 3.87. The van der Waals surface area contributed by atoms with Crippen LogP contribution in [0.1, 0.15) is 16.7 Å². The van der Waals surface area contributed by atoms with E-state index in [2.05, 4.69) is 6.58 Å². The first-order chi connectivity index (χ1) is 7.54. The maximum Gasteiger partial charge on any atom is 0.138 e. The van der Waals surface area contributed by atoms with Crippen molar-refractivity contribution in [3.05, 3.63) is 41.2 Å². The van der Waals surface area contributed by atoms with Gasteiger partial charge in [0.2, 0.25) is 0 Å². The molecule has 0 saturated heterocycles. The summed E-state index contributed by atoms with van der Waals surface area (Å²) in [6.45, 7) is 7.56. The number of hydrogen-bond acceptors (Lipinski definition) is 2. The van der Waals surface area contributed by atoms with Gasteiger partial charge in [-0.1, -0.05) is 6.58 Å². The van der Waals surface area contributed by atoms with Gasteiger partial charge in [0.15, 0.2) is 0 Å². The summed E-state index contributed by atoms with van der Waals surface area (Å²) in [5.74, 6) is 1.75. The highest BCUT2D eigenvalue weighted by atomic mass is 35.5. The Bertz CT molecular complexity index is 501. The van der Waals surface area contributed by atoms with Crippen LogP contribution in [0.2, 0.25) is 0 Å². The highest BCUT2D eigenvalue weighted by Crippen LogP contribution is 2.42. The molecule has 1 aromatic carbocycles. The molecule has 0 radical (unpaired) electrons. The lowest BCUT2D eigenvalue weighted by molar-refractivity contribution is 0.424. The van der Waals surface area contributed by atoms with Gasteiger partial charge >= 0.3 is 0 Å². The minimum atomic E-state index is 0.245. The molecular formula is C13H13ClO2. The Morgan fingerprint density at radius 1 is 1.44 bits per heavy atom. The SMILES string of the molecule is C=C1C=C(CCl)c2c(cc(C)c(C)c2O)O1. The number of hydrogen-bond donors (Lipinski definition) is 1. The summed E-state index contributed by atoms with van der Waals surface area (Å²) in [5.41, 5.74) is 3.37. The second-order valence-corrected chi connectivity index (χ2v) is 4.18. The first-order valence-corrected chi connectivity index (χ1v) is 5.55. The maximum absolute atomic E-state index is 10.1. The number of aryl methyl sites for hydroxylation is 1. The molecule has 3 heteroatoms. The van der Waals surface area contributed by atoms with Gasteiger partial charge in [-0.15, -0.1) is 11.6 Å². The molecule has 84 valence electrons. The highest BCUT2D eigenvalue weighted by Gasteiger charge is 2.21. The Balaban J connectivity index is 2.72. The third-order valence-corrected chi connectivity index (χ3v) is 3.11. The second-order valence-electron chi connectivity index (χ2n) is 3.91. The Morgan fingerprint density at radius 3 is 2.75 bits per heavy atom. The summed E-state index contributed by atoms with van der Waals surface area (Å²) in [6, 6.07) is 1.90. The lowest BCUT2D eigenvalue weighted by Gasteiger charge is -2.21. The van der Waals surface area contributed by atoms with E-state index < -0.39 is 0 Å². The van der Waals surface area contributed by atoms with Crippen molar-refractivity contribution in [2.75, 3.05) is 5.88 Å². The van der Waals surface area contributed by atoms with E-state index in [4.69, 9.17) is 16.3 Å². The van der Waals surface area contributed by atoms with Crippen LogP contribution in [0.5, 0.6) is 11.5 Å². The number of rotatable bonds is 1. The normalized spacial score (nSPS) is 14.2. The van der Waals surface area contributed by atoms with E-state index in [0.717, 1.165) is 16.7 Å². The van der Waals surface area contributed by atoms with Crippen LogP contribution in [0.15, 0.2) is 24.5 Å². The van der Waals surface area contributed by atoms with E-state index in [1.54, 1.807) is 6.08 Å². The van der Waals surface area contributed by atoms with E-state index in [0.29, 0.717) is 23.0 Å². The molecule has 0 spiro atoms. The van der Waals surface area contributed by atoms with Crippen LogP contribution in [0, 0.1) is 13.8 Å². The third kappa shape index (κ3) is 1.59. The van der Waals surface area contributed by atoms with Crippen LogP contribution >= 0.6 is 11.6 Å². The quantitative estimate of drug-likeness (QED) is 0.756. The lowest BCUT2D eigenvalue weighted by atomic mass is 9.96. The predicted octanol–water partition coefficient (Wildman–Crippen LogP) is 3.54. The van der Waals surface area contributed by atoms with Gasteiger partial charge in [-0.3, -0.25) is 0 Å².